The number of thiophene rings is 1. The Morgan fingerprint density at radius 2 is 1.80 bits per heavy atom. The third-order valence-electron chi connectivity index (χ3n) is 4.68. The topological polar surface area (TPSA) is 54.2 Å². The number of rotatable bonds is 7. The van der Waals surface area contributed by atoms with Crippen molar-refractivity contribution in [1.29, 1.82) is 0 Å². The summed E-state index contributed by atoms with van der Waals surface area (Å²) < 4.78 is 2.18. The highest BCUT2D eigenvalue weighted by Gasteiger charge is 2.03. The molecular weight excluding hydrogens is 505 g/mol. The highest BCUT2D eigenvalue weighted by molar-refractivity contribution is 14.0. The van der Waals surface area contributed by atoms with Crippen LogP contribution in [0.2, 0.25) is 0 Å². The van der Waals surface area contributed by atoms with Crippen molar-refractivity contribution in [2.24, 2.45) is 4.99 Å². The zero-order chi connectivity index (χ0) is 19.9. The van der Waals surface area contributed by atoms with Crippen LogP contribution >= 0.6 is 35.3 Å². The van der Waals surface area contributed by atoms with Crippen molar-refractivity contribution < 1.29 is 0 Å². The van der Waals surface area contributed by atoms with Gasteiger partial charge in [0.2, 0.25) is 0 Å². The van der Waals surface area contributed by atoms with Gasteiger partial charge in [-0.2, -0.15) is 0 Å². The molecule has 0 saturated carbocycles. The van der Waals surface area contributed by atoms with Crippen LogP contribution in [0.15, 0.2) is 77.4 Å². The van der Waals surface area contributed by atoms with Gasteiger partial charge in [-0.1, -0.05) is 42.5 Å². The largest absolute Gasteiger partial charge is 0.357 e. The number of hydrogen-bond acceptors (Lipinski definition) is 3. The standard InChI is InChI=1S/C23H25N5S.HI/c1-2-24-23(26-15-20-6-5-13-29-20)25-14-18-9-11-19(12-10-18)16-28-17-27-21-7-3-4-8-22(21)28;/h3-13,17H,2,14-16H2,1H3,(H2,24,25,26);1H. The van der Waals surface area contributed by atoms with Crippen LogP contribution in [0.1, 0.15) is 22.9 Å². The van der Waals surface area contributed by atoms with Crippen LogP contribution in [0, 0.1) is 0 Å². The first kappa shape index (κ1) is 22.3. The molecular formula is C23H26IN5S. The predicted octanol–water partition coefficient (Wildman–Crippen LogP) is 5.02. The number of imidazole rings is 1. The van der Waals surface area contributed by atoms with Crippen LogP contribution in [0.5, 0.6) is 0 Å². The summed E-state index contributed by atoms with van der Waals surface area (Å²) in [6, 6.07) is 21.1. The molecule has 0 saturated heterocycles. The van der Waals surface area contributed by atoms with Crippen LogP contribution in [0.25, 0.3) is 11.0 Å². The smallest absolute Gasteiger partial charge is 0.191 e. The van der Waals surface area contributed by atoms with Crippen LogP contribution in [0.4, 0.5) is 0 Å². The highest BCUT2D eigenvalue weighted by atomic mass is 127. The maximum Gasteiger partial charge on any atom is 0.191 e. The lowest BCUT2D eigenvalue weighted by molar-refractivity contribution is 0.818. The molecule has 0 bridgehead atoms. The Balaban J connectivity index is 0.00000256. The number of nitrogens with zero attached hydrogens (tertiary/aromatic N) is 3. The van der Waals surface area contributed by atoms with Crippen LogP contribution < -0.4 is 10.6 Å². The molecule has 0 amide bonds. The van der Waals surface area contributed by atoms with E-state index in [1.165, 1.54) is 16.0 Å². The molecule has 0 unspecified atom stereocenters. The molecule has 2 aromatic heterocycles. The average molecular weight is 531 g/mol. The summed E-state index contributed by atoms with van der Waals surface area (Å²) in [5.74, 6) is 0.842. The van der Waals surface area contributed by atoms with Crippen LogP contribution in [-0.4, -0.2) is 22.1 Å². The van der Waals surface area contributed by atoms with E-state index in [1.807, 2.05) is 18.5 Å². The molecule has 0 atom stereocenters. The van der Waals surface area contributed by atoms with Crippen molar-refractivity contribution in [3.8, 4) is 0 Å². The number of aliphatic imine (C=N–C) groups is 1. The van der Waals surface area contributed by atoms with Crippen molar-refractivity contribution >= 4 is 52.3 Å². The fourth-order valence-electron chi connectivity index (χ4n) is 3.18. The fourth-order valence-corrected chi connectivity index (χ4v) is 3.82. The minimum Gasteiger partial charge on any atom is -0.357 e. The number of benzene rings is 2. The molecule has 0 fully saturated rings. The fraction of sp³-hybridized carbons (Fsp3) is 0.217. The molecule has 156 valence electrons. The first-order chi connectivity index (χ1) is 14.3. The van der Waals surface area contributed by atoms with Crippen molar-refractivity contribution in [2.45, 2.75) is 26.6 Å². The Labute approximate surface area is 198 Å². The number of guanidine groups is 1. The molecule has 4 aromatic rings. The molecule has 5 nitrogen and oxygen atoms in total. The Bertz CT molecular complexity index is 1070. The van der Waals surface area contributed by atoms with Gasteiger partial charge in [0.05, 0.1) is 30.5 Å². The van der Waals surface area contributed by atoms with Gasteiger partial charge in [-0.15, -0.1) is 35.3 Å². The number of halogens is 1. The van der Waals surface area contributed by atoms with Gasteiger partial charge in [-0.3, -0.25) is 0 Å². The summed E-state index contributed by atoms with van der Waals surface area (Å²) in [6.45, 7) is 5.18. The molecule has 2 N–H and O–H groups in total. The van der Waals surface area contributed by atoms with Gasteiger partial charge >= 0.3 is 0 Å². The van der Waals surface area contributed by atoms with Gasteiger partial charge in [0.25, 0.3) is 0 Å². The van der Waals surface area contributed by atoms with E-state index < -0.39 is 0 Å². The first-order valence-electron chi connectivity index (χ1n) is 9.84. The predicted molar refractivity (Wildman–Crippen MR) is 137 cm³/mol. The minimum atomic E-state index is 0. The maximum atomic E-state index is 4.71. The highest BCUT2D eigenvalue weighted by Crippen LogP contribution is 2.15. The normalized spacial score (nSPS) is 11.3. The van der Waals surface area contributed by atoms with Gasteiger partial charge in [0.1, 0.15) is 0 Å². The zero-order valence-corrected chi connectivity index (χ0v) is 20.1. The van der Waals surface area contributed by atoms with Gasteiger partial charge in [0, 0.05) is 18.0 Å². The average Bonchev–Trinajstić information content (AvgIpc) is 3.42. The van der Waals surface area contributed by atoms with E-state index in [-0.39, 0.29) is 24.0 Å². The maximum absolute atomic E-state index is 4.71. The lowest BCUT2D eigenvalue weighted by Crippen LogP contribution is -2.36. The van der Waals surface area contributed by atoms with E-state index in [4.69, 9.17) is 4.99 Å². The second-order valence-corrected chi connectivity index (χ2v) is 7.84. The summed E-state index contributed by atoms with van der Waals surface area (Å²) in [6.07, 6.45) is 1.91. The van der Waals surface area contributed by atoms with Crippen LogP contribution in [-0.2, 0) is 19.6 Å². The lowest BCUT2D eigenvalue weighted by Gasteiger charge is -2.10. The molecule has 2 aromatic carbocycles. The Morgan fingerprint density at radius 3 is 2.57 bits per heavy atom. The summed E-state index contributed by atoms with van der Waals surface area (Å²) in [5.41, 5.74) is 4.64. The zero-order valence-electron chi connectivity index (χ0n) is 16.9. The molecule has 0 spiro atoms. The number of fused-ring (bicyclic) bond motifs is 1. The van der Waals surface area contributed by atoms with Gasteiger partial charge in [0.15, 0.2) is 5.96 Å². The summed E-state index contributed by atoms with van der Waals surface area (Å²) in [4.78, 5) is 10.5. The second-order valence-electron chi connectivity index (χ2n) is 6.81. The lowest BCUT2D eigenvalue weighted by atomic mass is 10.1. The second kappa shape index (κ2) is 11.1. The van der Waals surface area contributed by atoms with E-state index in [0.29, 0.717) is 6.54 Å². The van der Waals surface area contributed by atoms with Crippen molar-refractivity contribution in [3.05, 3.63) is 88.4 Å². The summed E-state index contributed by atoms with van der Waals surface area (Å²) >= 11 is 1.75. The third-order valence-corrected chi connectivity index (χ3v) is 5.55. The van der Waals surface area contributed by atoms with Gasteiger partial charge < -0.3 is 15.2 Å². The molecule has 0 aliphatic heterocycles. The molecule has 2 heterocycles. The van der Waals surface area contributed by atoms with Crippen molar-refractivity contribution in [2.75, 3.05) is 6.54 Å². The SMILES string of the molecule is CCNC(=NCc1ccc(Cn2cnc3ccccc32)cc1)NCc1cccs1.I. The monoisotopic (exact) mass is 531 g/mol. The quantitative estimate of drug-likeness (QED) is 0.200. The molecule has 4 rings (SSSR count). The van der Waals surface area contributed by atoms with Crippen molar-refractivity contribution in [3.63, 3.8) is 0 Å². The molecule has 30 heavy (non-hydrogen) atoms. The molecule has 0 aliphatic rings. The molecule has 0 aliphatic carbocycles. The van der Waals surface area contributed by atoms with E-state index in [9.17, 15) is 0 Å². The molecule has 7 heteroatoms. The van der Waals surface area contributed by atoms with Crippen LogP contribution in [0.3, 0.4) is 0 Å². The Hall–Kier alpha value is -2.39. The van der Waals surface area contributed by atoms with Crippen molar-refractivity contribution in [1.82, 2.24) is 20.2 Å². The van der Waals surface area contributed by atoms with E-state index in [0.717, 1.165) is 36.6 Å². The van der Waals surface area contributed by atoms with E-state index >= 15 is 0 Å². The third kappa shape index (κ3) is 5.82. The molecule has 0 radical (unpaired) electrons. The summed E-state index contributed by atoms with van der Waals surface area (Å²) in [7, 11) is 0. The van der Waals surface area contributed by atoms with Gasteiger partial charge in [-0.25, -0.2) is 9.98 Å². The number of nitrogens with one attached hydrogen (secondary N) is 2. The van der Waals surface area contributed by atoms with Gasteiger partial charge in [-0.05, 0) is 41.6 Å². The number of aromatic nitrogens is 2. The Morgan fingerprint density at radius 1 is 1.00 bits per heavy atom. The Kier molecular flexibility index (Phi) is 8.27. The number of hydrogen-bond donors (Lipinski definition) is 2. The minimum absolute atomic E-state index is 0. The first-order valence-corrected chi connectivity index (χ1v) is 10.7. The van der Waals surface area contributed by atoms with E-state index in [1.54, 1.807) is 11.3 Å². The van der Waals surface area contributed by atoms with E-state index in [2.05, 4.69) is 81.0 Å². The number of para-hydroxylation sites is 2. The summed E-state index contributed by atoms with van der Waals surface area (Å²) in [5, 5.41) is 8.79.